The molecule has 190 valence electrons. The molecule has 0 saturated heterocycles. The Kier molecular flexibility index (Phi) is 6.59. The number of thiazole rings is 1. The lowest BCUT2D eigenvalue weighted by Gasteiger charge is -2.45. The van der Waals surface area contributed by atoms with Gasteiger partial charge in [0, 0.05) is 35.4 Å². The van der Waals surface area contributed by atoms with E-state index in [1.54, 1.807) is 18.4 Å². The van der Waals surface area contributed by atoms with Gasteiger partial charge in [-0.2, -0.15) is 0 Å². The van der Waals surface area contributed by atoms with Crippen molar-refractivity contribution in [1.29, 1.82) is 0 Å². The SMILES string of the molecule is CC#Cc1csc(-c2ccc3c(c2)C2(N=C(C(C)CC)N(C(C)C)C2=O)C2(CCC(OC)CC2)C3)n1. The number of nitrogens with zero attached hydrogens (tertiary/aromatic N) is 3. The molecule has 6 heteroatoms. The molecule has 1 aromatic heterocycles. The van der Waals surface area contributed by atoms with Crippen molar-refractivity contribution in [2.45, 2.75) is 90.8 Å². The van der Waals surface area contributed by atoms with Gasteiger partial charge in [0.2, 0.25) is 0 Å². The molecule has 5 rings (SSSR count). The molecule has 2 aromatic rings. The zero-order chi connectivity index (χ0) is 25.7. The van der Waals surface area contributed by atoms with Gasteiger partial charge in [-0.3, -0.25) is 9.69 Å². The normalized spacial score (nSPS) is 28.0. The number of fused-ring (bicyclic) bond motifs is 3. The Bertz CT molecular complexity index is 1260. The number of methoxy groups -OCH3 is 1. The fourth-order valence-electron chi connectivity index (χ4n) is 6.59. The van der Waals surface area contributed by atoms with Crippen LogP contribution < -0.4 is 0 Å². The Morgan fingerprint density at radius 3 is 2.64 bits per heavy atom. The number of rotatable bonds is 5. The predicted octanol–water partition coefficient (Wildman–Crippen LogP) is 6.20. The van der Waals surface area contributed by atoms with Gasteiger partial charge in [0.15, 0.2) is 5.54 Å². The summed E-state index contributed by atoms with van der Waals surface area (Å²) in [6, 6.07) is 6.67. The van der Waals surface area contributed by atoms with Crippen LogP contribution in [0.1, 0.15) is 83.5 Å². The summed E-state index contributed by atoms with van der Waals surface area (Å²) in [5.41, 5.74) is 3.09. The molecule has 1 aliphatic heterocycles. The average molecular weight is 504 g/mol. The van der Waals surface area contributed by atoms with Crippen molar-refractivity contribution in [3.63, 3.8) is 0 Å². The van der Waals surface area contributed by atoms with E-state index in [1.807, 2.05) is 17.2 Å². The lowest BCUT2D eigenvalue weighted by atomic mass is 9.61. The van der Waals surface area contributed by atoms with Crippen LogP contribution in [0.5, 0.6) is 0 Å². The highest BCUT2D eigenvalue weighted by atomic mass is 32.1. The summed E-state index contributed by atoms with van der Waals surface area (Å²) >= 11 is 1.60. The van der Waals surface area contributed by atoms with E-state index in [2.05, 4.69) is 57.7 Å². The molecule has 2 heterocycles. The Morgan fingerprint density at radius 2 is 2.00 bits per heavy atom. The van der Waals surface area contributed by atoms with Gasteiger partial charge in [-0.25, -0.2) is 9.98 Å². The summed E-state index contributed by atoms with van der Waals surface area (Å²) < 4.78 is 5.74. The highest BCUT2D eigenvalue weighted by molar-refractivity contribution is 7.13. The molecule has 2 spiro atoms. The van der Waals surface area contributed by atoms with Crippen molar-refractivity contribution in [3.05, 3.63) is 40.4 Å². The van der Waals surface area contributed by atoms with Gasteiger partial charge < -0.3 is 4.74 Å². The number of amides is 1. The molecule has 0 bridgehead atoms. The maximum absolute atomic E-state index is 14.7. The van der Waals surface area contributed by atoms with Crippen molar-refractivity contribution in [1.82, 2.24) is 9.88 Å². The number of ether oxygens (including phenoxy) is 1. The second-order valence-electron chi connectivity index (χ2n) is 10.9. The molecule has 1 amide bonds. The largest absolute Gasteiger partial charge is 0.381 e. The van der Waals surface area contributed by atoms with E-state index in [0.29, 0.717) is 0 Å². The summed E-state index contributed by atoms with van der Waals surface area (Å²) in [5.74, 6) is 7.34. The lowest BCUT2D eigenvalue weighted by Crippen LogP contribution is -2.53. The molecule has 1 fully saturated rings. The van der Waals surface area contributed by atoms with Crippen LogP contribution in [-0.4, -0.2) is 40.9 Å². The Hall–Kier alpha value is -2.49. The minimum atomic E-state index is -0.872. The van der Waals surface area contributed by atoms with Crippen LogP contribution in [0.15, 0.2) is 28.6 Å². The van der Waals surface area contributed by atoms with Crippen molar-refractivity contribution in [2.24, 2.45) is 16.3 Å². The van der Waals surface area contributed by atoms with Crippen molar-refractivity contribution < 1.29 is 9.53 Å². The van der Waals surface area contributed by atoms with E-state index < -0.39 is 5.54 Å². The third kappa shape index (κ3) is 3.66. The molecule has 0 radical (unpaired) electrons. The summed E-state index contributed by atoms with van der Waals surface area (Å²) in [5, 5.41) is 2.94. The first kappa shape index (κ1) is 25.2. The zero-order valence-electron chi connectivity index (χ0n) is 22.4. The van der Waals surface area contributed by atoms with Gasteiger partial charge in [-0.05, 0) is 82.4 Å². The molecule has 1 saturated carbocycles. The van der Waals surface area contributed by atoms with Crippen LogP contribution in [0.4, 0.5) is 0 Å². The van der Waals surface area contributed by atoms with E-state index in [0.717, 1.165) is 66.2 Å². The number of benzene rings is 1. The maximum atomic E-state index is 14.7. The van der Waals surface area contributed by atoms with Crippen LogP contribution in [0.25, 0.3) is 10.6 Å². The van der Waals surface area contributed by atoms with Crippen LogP contribution in [0.3, 0.4) is 0 Å². The number of hydrogen-bond donors (Lipinski definition) is 0. The predicted molar refractivity (Wildman–Crippen MR) is 146 cm³/mol. The summed E-state index contributed by atoms with van der Waals surface area (Å²) in [6.07, 6.45) is 5.92. The van der Waals surface area contributed by atoms with Crippen molar-refractivity contribution in [2.75, 3.05) is 7.11 Å². The van der Waals surface area contributed by atoms with Gasteiger partial charge in [-0.15, -0.1) is 11.3 Å². The fraction of sp³-hybridized carbons (Fsp3) is 0.567. The molecule has 2 atom stereocenters. The first-order valence-electron chi connectivity index (χ1n) is 13.3. The van der Waals surface area contributed by atoms with Crippen LogP contribution in [0, 0.1) is 23.2 Å². The van der Waals surface area contributed by atoms with Gasteiger partial charge in [0.25, 0.3) is 5.91 Å². The summed E-state index contributed by atoms with van der Waals surface area (Å²) in [6.45, 7) is 10.4. The Balaban J connectivity index is 1.70. The lowest BCUT2D eigenvalue weighted by molar-refractivity contribution is -0.139. The minimum Gasteiger partial charge on any atom is -0.381 e. The van der Waals surface area contributed by atoms with E-state index in [1.165, 1.54) is 5.56 Å². The second-order valence-corrected chi connectivity index (χ2v) is 11.8. The topological polar surface area (TPSA) is 54.8 Å². The molecule has 0 N–H and O–H groups in total. The molecular weight excluding hydrogens is 466 g/mol. The molecule has 2 unspecified atom stereocenters. The number of amidine groups is 1. The number of carbonyl (C=O) groups is 1. The average Bonchev–Trinajstić information content (AvgIpc) is 3.54. The Morgan fingerprint density at radius 1 is 1.25 bits per heavy atom. The highest BCUT2D eigenvalue weighted by Gasteiger charge is 2.67. The smallest absolute Gasteiger partial charge is 0.261 e. The first-order valence-corrected chi connectivity index (χ1v) is 14.2. The molecular formula is C30H37N3O2S. The maximum Gasteiger partial charge on any atom is 0.261 e. The second kappa shape index (κ2) is 9.43. The quantitative estimate of drug-likeness (QED) is 0.456. The van der Waals surface area contributed by atoms with E-state index in [-0.39, 0.29) is 29.4 Å². The number of aliphatic imine (C=N–C) groups is 1. The molecule has 1 aromatic carbocycles. The summed E-state index contributed by atoms with van der Waals surface area (Å²) in [7, 11) is 1.81. The number of hydrogen-bond acceptors (Lipinski definition) is 5. The van der Waals surface area contributed by atoms with Crippen LogP contribution >= 0.6 is 11.3 Å². The van der Waals surface area contributed by atoms with Gasteiger partial charge in [-0.1, -0.05) is 31.9 Å². The molecule has 2 aliphatic carbocycles. The van der Waals surface area contributed by atoms with Crippen molar-refractivity contribution >= 4 is 23.1 Å². The number of carbonyl (C=O) groups excluding carboxylic acids is 1. The monoisotopic (exact) mass is 503 g/mol. The molecule has 3 aliphatic rings. The van der Waals surface area contributed by atoms with Gasteiger partial charge >= 0.3 is 0 Å². The highest BCUT2D eigenvalue weighted by Crippen LogP contribution is 2.63. The van der Waals surface area contributed by atoms with E-state index in [9.17, 15) is 4.79 Å². The molecule has 36 heavy (non-hydrogen) atoms. The van der Waals surface area contributed by atoms with Crippen molar-refractivity contribution in [3.8, 4) is 22.4 Å². The third-order valence-corrected chi connectivity index (χ3v) is 9.54. The first-order chi connectivity index (χ1) is 17.3. The summed E-state index contributed by atoms with van der Waals surface area (Å²) in [4.78, 5) is 27.0. The standard InChI is InChI=1S/C30H37N3O2S/c1-7-9-23-18-36-27(31-23)21-10-11-22-17-29(14-12-24(35-6)13-15-29)30(25(22)16-21)28(34)33(19(3)4)26(32-30)20(5)8-2/h10-11,16,18-20,24H,8,12-15,17H2,1-6H3. The third-order valence-electron chi connectivity index (χ3n) is 8.65. The van der Waals surface area contributed by atoms with E-state index >= 15 is 0 Å². The fourth-order valence-corrected chi connectivity index (χ4v) is 7.34. The van der Waals surface area contributed by atoms with Crippen LogP contribution in [-0.2, 0) is 21.5 Å². The van der Waals surface area contributed by atoms with E-state index in [4.69, 9.17) is 14.7 Å². The minimum absolute atomic E-state index is 0.0679. The zero-order valence-corrected chi connectivity index (χ0v) is 23.2. The molecule has 5 nitrogen and oxygen atoms in total. The van der Waals surface area contributed by atoms with Gasteiger partial charge in [0.1, 0.15) is 16.5 Å². The Labute approximate surface area is 219 Å². The van der Waals surface area contributed by atoms with Gasteiger partial charge in [0.05, 0.1) is 6.10 Å². The number of aromatic nitrogens is 1. The van der Waals surface area contributed by atoms with Crippen LogP contribution in [0.2, 0.25) is 0 Å².